The zero-order chi connectivity index (χ0) is 16.2. The van der Waals surface area contributed by atoms with Crippen LogP contribution < -0.4 is 0 Å². The Bertz CT molecular complexity index is 784. The van der Waals surface area contributed by atoms with Crippen molar-refractivity contribution < 1.29 is 9.63 Å². The molecule has 118 valence electrons. The molecule has 5 nitrogen and oxygen atoms in total. The first-order valence-electron chi connectivity index (χ1n) is 7.46. The number of rotatable bonds is 5. The molecule has 0 fully saturated rings. The van der Waals surface area contributed by atoms with Crippen LogP contribution in [0.3, 0.4) is 0 Å². The molecule has 0 saturated carbocycles. The van der Waals surface area contributed by atoms with Gasteiger partial charge >= 0.3 is 0 Å². The van der Waals surface area contributed by atoms with Crippen molar-refractivity contribution in [3.63, 3.8) is 0 Å². The zero-order valence-electron chi connectivity index (χ0n) is 13.2. The van der Waals surface area contributed by atoms with Gasteiger partial charge in [0, 0.05) is 29.9 Å². The molecule has 2 aromatic heterocycles. The maximum absolute atomic E-state index is 10.1. The van der Waals surface area contributed by atoms with Crippen molar-refractivity contribution in [2.24, 2.45) is 0 Å². The second-order valence-electron chi connectivity index (χ2n) is 5.67. The Hall–Kier alpha value is -2.66. The fraction of sp³-hybridized carbons (Fsp3) is 0.222. The molecule has 0 saturated heterocycles. The minimum Gasteiger partial charge on any atom is -0.508 e. The van der Waals surface area contributed by atoms with Gasteiger partial charge in [0.2, 0.25) is 0 Å². The predicted octanol–water partition coefficient (Wildman–Crippen LogP) is 3.38. The quantitative estimate of drug-likeness (QED) is 0.783. The normalized spacial score (nSPS) is 11.1. The van der Waals surface area contributed by atoms with E-state index in [1.54, 1.807) is 12.3 Å². The number of hydrogen-bond acceptors (Lipinski definition) is 5. The summed E-state index contributed by atoms with van der Waals surface area (Å²) in [5.74, 6) is 1.09. The maximum atomic E-state index is 10.1. The largest absolute Gasteiger partial charge is 0.508 e. The molecule has 0 unspecified atom stereocenters. The van der Waals surface area contributed by atoms with Crippen molar-refractivity contribution >= 4 is 0 Å². The number of aromatic hydroxyl groups is 1. The van der Waals surface area contributed by atoms with Gasteiger partial charge in [-0.05, 0) is 44.3 Å². The Kier molecular flexibility index (Phi) is 4.39. The lowest BCUT2D eigenvalue weighted by atomic mass is 10.1. The van der Waals surface area contributed by atoms with E-state index in [2.05, 4.69) is 15.0 Å². The van der Waals surface area contributed by atoms with Gasteiger partial charge in [-0.3, -0.25) is 9.88 Å². The van der Waals surface area contributed by atoms with Crippen LogP contribution in [0.4, 0.5) is 0 Å². The van der Waals surface area contributed by atoms with E-state index in [1.165, 1.54) is 0 Å². The average molecular weight is 309 g/mol. The van der Waals surface area contributed by atoms with Crippen LogP contribution in [0.5, 0.6) is 5.75 Å². The molecule has 0 aliphatic heterocycles. The molecular formula is C18H19N3O2. The van der Waals surface area contributed by atoms with Crippen molar-refractivity contribution in [1.29, 1.82) is 0 Å². The summed E-state index contributed by atoms with van der Waals surface area (Å²) >= 11 is 0. The SMILES string of the molecule is Cc1cc(CN(C)Cc2cc(-c3ccccn3)ccc2O)on1. The molecule has 0 spiro atoms. The van der Waals surface area contributed by atoms with E-state index in [1.807, 2.05) is 50.4 Å². The number of benzene rings is 1. The standard InChI is InChI=1S/C18H19N3O2/c1-13-9-16(23-20-13)12-21(2)11-15-10-14(6-7-18(15)22)17-5-3-4-8-19-17/h3-10,22H,11-12H2,1-2H3. The minimum absolute atomic E-state index is 0.283. The number of phenols is 1. The van der Waals surface area contributed by atoms with Crippen molar-refractivity contribution in [3.8, 4) is 17.0 Å². The van der Waals surface area contributed by atoms with Crippen LogP contribution in [0.15, 0.2) is 53.2 Å². The second kappa shape index (κ2) is 6.62. The highest BCUT2D eigenvalue weighted by Crippen LogP contribution is 2.26. The highest BCUT2D eigenvalue weighted by Gasteiger charge is 2.10. The van der Waals surface area contributed by atoms with Gasteiger partial charge in [-0.2, -0.15) is 0 Å². The Morgan fingerprint density at radius 3 is 2.70 bits per heavy atom. The van der Waals surface area contributed by atoms with Gasteiger partial charge in [-0.15, -0.1) is 0 Å². The fourth-order valence-corrected chi connectivity index (χ4v) is 2.51. The van der Waals surface area contributed by atoms with E-state index >= 15 is 0 Å². The molecule has 1 aromatic carbocycles. The topological polar surface area (TPSA) is 62.4 Å². The molecule has 0 atom stereocenters. The number of pyridine rings is 1. The Labute approximate surface area is 135 Å². The number of nitrogens with zero attached hydrogens (tertiary/aromatic N) is 3. The third-order valence-corrected chi connectivity index (χ3v) is 3.58. The fourth-order valence-electron chi connectivity index (χ4n) is 2.51. The van der Waals surface area contributed by atoms with Gasteiger partial charge in [0.05, 0.1) is 17.9 Å². The summed E-state index contributed by atoms with van der Waals surface area (Å²) in [6.07, 6.45) is 1.76. The lowest BCUT2D eigenvalue weighted by Gasteiger charge is -2.16. The molecule has 5 heteroatoms. The molecule has 0 amide bonds. The van der Waals surface area contributed by atoms with Crippen LogP contribution in [0.1, 0.15) is 17.0 Å². The second-order valence-corrected chi connectivity index (χ2v) is 5.67. The molecule has 3 aromatic rings. The molecule has 0 aliphatic rings. The molecule has 0 bridgehead atoms. The Morgan fingerprint density at radius 1 is 1.13 bits per heavy atom. The summed E-state index contributed by atoms with van der Waals surface area (Å²) in [6, 6.07) is 13.3. The first-order chi connectivity index (χ1) is 11.1. The molecule has 3 rings (SSSR count). The third kappa shape index (κ3) is 3.76. The molecule has 23 heavy (non-hydrogen) atoms. The first-order valence-corrected chi connectivity index (χ1v) is 7.46. The Morgan fingerprint density at radius 2 is 2.00 bits per heavy atom. The summed E-state index contributed by atoms with van der Waals surface area (Å²) in [7, 11) is 1.98. The number of phenolic OH excluding ortho intramolecular Hbond substituents is 1. The first kappa shape index (κ1) is 15.2. The van der Waals surface area contributed by atoms with Gasteiger partial charge in [-0.25, -0.2) is 0 Å². The zero-order valence-corrected chi connectivity index (χ0v) is 13.2. The predicted molar refractivity (Wildman–Crippen MR) is 87.7 cm³/mol. The summed E-state index contributed by atoms with van der Waals surface area (Å²) < 4.78 is 5.23. The summed E-state index contributed by atoms with van der Waals surface area (Å²) in [6.45, 7) is 3.13. The van der Waals surface area contributed by atoms with Crippen molar-refractivity contribution in [1.82, 2.24) is 15.0 Å². The van der Waals surface area contributed by atoms with Crippen LogP contribution in [-0.2, 0) is 13.1 Å². The lowest BCUT2D eigenvalue weighted by molar-refractivity contribution is 0.263. The summed E-state index contributed by atoms with van der Waals surface area (Å²) in [5, 5.41) is 14.0. The lowest BCUT2D eigenvalue weighted by Crippen LogP contribution is -2.17. The van der Waals surface area contributed by atoms with E-state index in [-0.39, 0.29) is 5.75 Å². The van der Waals surface area contributed by atoms with Crippen LogP contribution in [0.25, 0.3) is 11.3 Å². The van der Waals surface area contributed by atoms with E-state index in [0.717, 1.165) is 28.3 Å². The van der Waals surface area contributed by atoms with E-state index in [4.69, 9.17) is 4.52 Å². The molecule has 1 N–H and O–H groups in total. The van der Waals surface area contributed by atoms with Gasteiger partial charge in [-0.1, -0.05) is 11.2 Å². The maximum Gasteiger partial charge on any atom is 0.150 e. The smallest absolute Gasteiger partial charge is 0.150 e. The molecule has 0 aliphatic carbocycles. The molecule has 2 heterocycles. The van der Waals surface area contributed by atoms with Crippen molar-refractivity contribution in [2.75, 3.05) is 7.05 Å². The van der Waals surface area contributed by atoms with E-state index in [9.17, 15) is 5.11 Å². The highest BCUT2D eigenvalue weighted by atomic mass is 16.5. The van der Waals surface area contributed by atoms with Gasteiger partial charge < -0.3 is 9.63 Å². The van der Waals surface area contributed by atoms with Gasteiger partial charge in [0.15, 0.2) is 5.76 Å². The summed E-state index contributed by atoms with van der Waals surface area (Å²) in [4.78, 5) is 6.42. The summed E-state index contributed by atoms with van der Waals surface area (Å²) in [5.41, 5.74) is 3.60. The Balaban J connectivity index is 1.76. The monoisotopic (exact) mass is 309 g/mol. The van der Waals surface area contributed by atoms with Gasteiger partial charge in [0.1, 0.15) is 5.75 Å². The van der Waals surface area contributed by atoms with Crippen molar-refractivity contribution in [2.45, 2.75) is 20.0 Å². The number of aromatic nitrogens is 2. The van der Waals surface area contributed by atoms with Crippen LogP contribution in [0, 0.1) is 6.92 Å². The minimum atomic E-state index is 0.283. The van der Waals surface area contributed by atoms with Crippen molar-refractivity contribution in [3.05, 3.63) is 65.7 Å². The third-order valence-electron chi connectivity index (χ3n) is 3.58. The van der Waals surface area contributed by atoms with Crippen LogP contribution in [0.2, 0.25) is 0 Å². The number of aryl methyl sites for hydroxylation is 1. The van der Waals surface area contributed by atoms with Crippen LogP contribution >= 0.6 is 0 Å². The molecule has 0 radical (unpaired) electrons. The van der Waals surface area contributed by atoms with Gasteiger partial charge in [0.25, 0.3) is 0 Å². The highest BCUT2D eigenvalue weighted by molar-refractivity contribution is 5.61. The number of hydrogen-bond donors (Lipinski definition) is 1. The van der Waals surface area contributed by atoms with E-state index < -0.39 is 0 Å². The average Bonchev–Trinajstić information content (AvgIpc) is 2.95. The van der Waals surface area contributed by atoms with Crippen LogP contribution in [-0.4, -0.2) is 27.2 Å². The van der Waals surface area contributed by atoms with E-state index in [0.29, 0.717) is 13.1 Å². The molecular weight excluding hydrogens is 290 g/mol.